The summed E-state index contributed by atoms with van der Waals surface area (Å²) in [5.74, 6) is 1.50. The van der Waals surface area contributed by atoms with Crippen molar-refractivity contribution in [2.24, 2.45) is 0 Å². The van der Waals surface area contributed by atoms with Crippen molar-refractivity contribution < 1.29 is 4.74 Å². The number of morpholine rings is 1. The summed E-state index contributed by atoms with van der Waals surface area (Å²) in [5, 5.41) is 6.65. The molecule has 1 aliphatic rings. The summed E-state index contributed by atoms with van der Waals surface area (Å²) in [5.41, 5.74) is 2.15. The van der Waals surface area contributed by atoms with Crippen molar-refractivity contribution in [1.82, 2.24) is 19.9 Å². The number of aromatic nitrogens is 3. The van der Waals surface area contributed by atoms with Gasteiger partial charge in [0.15, 0.2) is 0 Å². The highest BCUT2D eigenvalue weighted by molar-refractivity contribution is 5.46. The fourth-order valence-corrected chi connectivity index (χ4v) is 2.55. The molecule has 2 aromatic rings. The van der Waals surface area contributed by atoms with Crippen LogP contribution in [0.4, 0.5) is 11.8 Å². The Morgan fingerprint density at radius 2 is 2.08 bits per heavy atom. The van der Waals surface area contributed by atoms with Crippen LogP contribution in [0.1, 0.15) is 11.1 Å². The number of nitrogens with one attached hydrogen (secondary N) is 2. The second-order valence-corrected chi connectivity index (χ2v) is 5.82. The minimum absolute atomic E-state index is 0.655. The quantitative estimate of drug-likeness (QED) is 0.798. The summed E-state index contributed by atoms with van der Waals surface area (Å²) in [4.78, 5) is 15.4. The van der Waals surface area contributed by atoms with E-state index in [-0.39, 0.29) is 0 Å². The molecule has 1 aliphatic heterocycles. The molecule has 3 rings (SSSR count). The molecule has 2 aromatic heterocycles. The summed E-state index contributed by atoms with van der Waals surface area (Å²) < 4.78 is 5.36. The van der Waals surface area contributed by atoms with E-state index in [1.165, 1.54) is 0 Å². The summed E-state index contributed by atoms with van der Waals surface area (Å²) in [6, 6.07) is 3.97. The molecule has 2 N–H and O–H groups in total. The molecule has 0 saturated carbocycles. The third-order valence-corrected chi connectivity index (χ3v) is 3.97. The van der Waals surface area contributed by atoms with Crippen molar-refractivity contribution in [3.05, 3.63) is 41.9 Å². The third kappa shape index (κ3) is 4.87. The number of nitrogens with zero attached hydrogens (tertiary/aromatic N) is 4. The predicted molar refractivity (Wildman–Crippen MR) is 94.1 cm³/mol. The van der Waals surface area contributed by atoms with Crippen LogP contribution in [0.3, 0.4) is 0 Å². The summed E-state index contributed by atoms with van der Waals surface area (Å²) in [7, 11) is 0. The first kappa shape index (κ1) is 16.6. The molecule has 1 saturated heterocycles. The van der Waals surface area contributed by atoms with Gasteiger partial charge < -0.3 is 15.4 Å². The van der Waals surface area contributed by atoms with Crippen LogP contribution in [-0.2, 0) is 11.3 Å². The predicted octanol–water partition coefficient (Wildman–Crippen LogP) is 1.54. The molecule has 0 aromatic carbocycles. The molecule has 0 atom stereocenters. The van der Waals surface area contributed by atoms with Crippen molar-refractivity contribution in [2.45, 2.75) is 13.5 Å². The van der Waals surface area contributed by atoms with Gasteiger partial charge in [-0.15, -0.1) is 0 Å². The summed E-state index contributed by atoms with van der Waals surface area (Å²) >= 11 is 0. The fourth-order valence-electron chi connectivity index (χ4n) is 2.55. The monoisotopic (exact) mass is 328 g/mol. The first-order valence-corrected chi connectivity index (χ1v) is 8.31. The van der Waals surface area contributed by atoms with Gasteiger partial charge in [-0.05, 0) is 18.6 Å². The Labute approximate surface area is 142 Å². The smallest absolute Gasteiger partial charge is 0.224 e. The number of hydrogen-bond acceptors (Lipinski definition) is 7. The third-order valence-electron chi connectivity index (χ3n) is 3.97. The molecular formula is C17H24N6O. The number of ether oxygens (including phenoxy) is 1. The fraction of sp³-hybridized carbons (Fsp3) is 0.471. The normalized spacial score (nSPS) is 15.2. The molecule has 7 nitrogen and oxygen atoms in total. The van der Waals surface area contributed by atoms with E-state index in [1.54, 1.807) is 6.20 Å². The van der Waals surface area contributed by atoms with Crippen molar-refractivity contribution in [2.75, 3.05) is 50.0 Å². The highest BCUT2D eigenvalue weighted by Gasteiger charge is 2.10. The minimum Gasteiger partial charge on any atom is -0.379 e. The van der Waals surface area contributed by atoms with Gasteiger partial charge in [-0.3, -0.25) is 9.88 Å². The van der Waals surface area contributed by atoms with E-state index in [0.717, 1.165) is 56.3 Å². The number of hydrogen-bond donors (Lipinski definition) is 2. The highest BCUT2D eigenvalue weighted by atomic mass is 16.5. The maximum atomic E-state index is 5.36. The molecule has 0 amide bonds. The minimum atomic E-state index is 0.655. The van der Waals surface area contributed by atoms with Crippen LogP contribution in [0.2, 0.25) is 0 Å². The molecule has 7 heteroatoms. The SMILES string of the molecule is Cc1cnc(NCCN2CCOCC2)nc1NCc1cccnc1. The highest BCUT2D eigenvalue weighted by Crippen LogP contribution is 2.13. The molecule has 24 heavy (non-hydrogen) atoms. The van der Waals surface area contributed by atoms with E-state index in [4.69, 9.17) is 4.74 Å². The van der Waals surface area contributed by atoms with Gasteiger partial charge in [0, 0.05) is 56.9 Å². The zero-order chi connectivity index (χ0) is 16.6. The van der Waals surface area contributed by atoms with E-state index in [0.29, 0.717) is 12.5 Å². The van der Waals surface area contributed by atoms with Crippen LogP contribution >= 0.6 is 0 Å². The summed E-state index contributed by atoms with van der Waals surface area (Å²) in [6.45, 7) is 8.13. The van der Waals surface area contributed by atoms with Gasteiger partial charge in [-0.1, -0.05) is 6.07 Å². The van der Waals surface area contributed by atoms with Gasteiger partial charge >= 0.3 is 0 Å². The van der Waals surface area contributed by atoms with Gasteiger partial charge in [0.1, 0.15) is 5.82 Å². The Hall–Kier alpha value is -2.25. The lowest BCUT2D eigenvalue weighted by Crippen LogP contribution is -2.39. The molecule has 128 valence electrons. The van der Waals surface area contributed by atoms with Crippen LogP contribution in [0.5, 0.6) is 0 Å². The molecule has 0 unspecified atom stereocenters. The van der Waals surface area contributed by atoms with Gasteiger partial charge in [0.25, 0.3) is 0 Å². The van der Waals surface area contributed by atoms with E-state index >= 15 is 0 Å². The van der Waals surface area contributed by atoms with E-state index in [9.17, 15) is 0 Å². The van der Waals surface area contributed by atoms with Crippen molar-refractivity contribution in [3.8, 4) is 0 Å². The molecule has 3 heterocycles. The van der Waals surface area contributed by atoms with E-state index in [2.05, 4.69) is 30.5 Å². The maximum Gasteiger partial charge on any atom is 0.224 e. The van der Waals surface area contributed by atoms with Crippen LogP contribution in [0, 0.1) is 6.92 Å². The number of aryl methyl sites for hydroxylation is 1. The molecule has 0 radical (unpaired) electrons. The van der Waals surface area contributed by atoms with Crippen LogP contribution < -0.4 is 10.6 Å². The van der Waals surface area contributed by atoms with Gasteiger partial charge in [0.05, 0.1) is 13.2 Å². The molecule has 0 bridgehead atoms. The van der Waals surface area contributed by atoms with E-state index < -0.39 is 0 Å². The molecule has 1 fully saturated rings. The Morgan fingerprint density at radius 1 is 1.21 bits per heavy atom. The lowest BCUT2D eigenvalue weighted by Gasteiger charge is -2.26. The summed E-state index contributed by atoms with van der Waals surface area (Å²) in [6.07, 6.45) is 5.47. The van der Waals surface area contributed by atoms with E-state index in [1.807, 2.05) is 31.5 Å². The van der Waals surface area contributed by atoms with Gasteiger partial charge in [-0.25, -0.2) is 4.98 Å². The van der Waals surface area contributed by atoms with Gasteiger partial charge in [0.2, 0.25) is 5.95 Å². The van der Waals surface area contributed by atoms with Crippen LogP contribution in [-0.4, -0.2) is 59.2 Å². The van der Waals surface area contributed by atoms with Gasteiger partial charge in [-0.2, -0.15) is 4.98 Å². The van der Waals surface area contributed by atoms with Crippen molar-refractivity contribution >= 4 is 11.8 Å². The number of anilines is 2. The zero-order valence-corrected chi connectivity index (χ0v) is 14.0. The van der Waals surface area contributed by atoms with Crippen molar-refractivity contribution in [1.29, 1.82) is 0 Å². The van der Waals surface area contributed by atoms with Crippen molar-refractivity contribution in [3.63, 3.8) is 0 Å². The Morgan fingerprint density at radius 3 is 2.88 bits per heavy atom. The largest absolute Gasteiger partial charge is 0.379 e. The first-order chi connectivity index (χ1) is 11.8. The second-order valence-electron chi connectivity index (χ2n) is 5.82. The average molecular weight is 328 g/mol. The second kappa shape index (κ2) is 8.56. The topological polar surface area (TPSA) is 75.2 Å². The lowest BCUT2D eigenvalue weighted by molar-refractivity contribution is 0.0398. The van der Waals surface area contributed by atoms with Crippen LogP contribution in [0.25, 0.3) is 0 Å². The standard InChI is InChI=1S/C17H24N6O/c1-14-11-21-17(19-5-6-23-7-9-24-10-8-23)22-16(14)20-13-15-3-2-4-18-12-15/h2-4,11-12H,5-10,13H2,1H3,(H2,19,20,21,22). The number of pyridine rings is 1. The molecule has 0 aliphatic carbocycles. The average Bonchev–Trinajstić information content (AvgIpc) is 2.64. The zero-order valence-electron chi connectivity index (χ0n) is 14.0. The lowest BCUT2D eigenvalue weighted by atomic mass is 10.3. The van der Waals surface area contributed by atoms with Crippen LogP contribution in [0.15, 0.2) is 30.7 Å². The number of rotatable bonds is 7. The Balaban J connectivity index is 1.51. The Bertz CT molecular complexity index is 630. The first-order valence-electron chi connectivity index (χ1n) is 8.31. The molecular weight excluding hydrogens is 304 g/mol. The maximum absolute atomic E-state index is 5.36. The molecule has 0 spiro atoms. The Kier molecular flexibility index (Phi) is 5.92.